The van der Waals surface area contributed by atoms with E-state index < -0.39 is 0 Å². The average molecular weight is 306 g/mol. The van der Waals surface area contributed by atoms with Crippen LogP contribution in [-0.4, -0.2) is 11.4 Å². The Morgan fingerprint density at radius 3 is 2.46 bits per heavy atom. The highest BCUT2D eigenvalue weighted by atomic mass is 79.9. The Kier molecular flexibility index (Phi) is 2.94. The molecule has 2 atom stereocenters. The Morgan fingerprint density at radius 2 is 1.92 bits per heavy atom. The molecule has 0 unspecified atom stereocenters. The lowest BCUT2D eigenvalue weighted by atomic mass is 10.3. The Morgan fingerprint density at radius 1 is 1.31 bits per heavy atom. The molecule has 1 aromatic rings. The van der Waals surface area contributed by atoms with Crippen LogP contribution in [0.1, 0.15) is 6.42 Å². The zero-order valence-electron chi connectivity index (χ0n) is 7.04. The van der Waals surface area contributed by atoms with Crippen molar-refractivity contribution in [3.05, 3.63) is 28.7 Å². The van der Waals surface area contributed by atoms with E-state index in [9.17, 15) is 0 Å². The van der Waals surface area contributed by atoms with Crippen LogP contribution in [0.5, 0.6) is 5.75 Å². The Hall–Kier alpha value is -0.0200. The first-order valence-corrected chi connectivity index (χ1v) is 5.99. The van der Waals surface area contributed by atoms with Crippen LogP contribution in [0.3, 0.4) is 0 Å². The second kappa shape index (κ2) is 4.01. The third-order valence-electron chi connectivity index (χ3n) is 2.11. The Labute approximate surface area is 94.7 Å². The van der Waals surface area contributed by atoms with Crippen LogP contribution < -0.4 is 4.74 Å². The van der Waals surface area contributed by atoms with Crippen molar-refractivity contribution in [2.24, 2.45) is 5.92 Å². The number of halogens is 2. The van der Waals surface area contributed by atoms with Gasteiger partial charge in [-0.1, -0.05) is 31.9 Å². The van der Waals surface area contributed by atoms with Crippen molar-refractivity contribution >= 4 is 31.9 Å². The molecule has 0 heterocycles. The third kappa shape index (κ3) is 2.71. The minimum atomic E-state index is 0.683. The molecule has 3 heteroatoms. The Balaban J connectivity index is 1.84. The van der Waals surface area contributed by atoms with Gasteiger partial charge in [0.2, 0.25) is 0 Å². The first kappa shape index (κ1) is 9.53. The highest BCUT2D eigenvalue weighted by molar-refractivity contribution is 9.10. The minimum Gasteiger partial charge on any atom is -0.493 e. The van der Waals surface area contributed by atoms with Gasteiger partial charge in [-0.15, -0.1) is 0 Å². The SMILES string of the molecule is Brc1ccc(OC[C@@H]2C[C@H]2Br)cc1. The molecule has 0 N–H and O–H groups in total. The summed E-state index contributed by atoms with van der Waals surface area (Å²) < 4.78 is 6.69. The molecule has 2 rings (SSSR count). The van der Waals surface area contributed by atoms with Gasteiger partial charge in [-0.25, -0.2) is 0 Å². The van der Waals surface area contributed by atoms with E-state index in [4.69, 9.17) is 4.74 Å². The largest absolute Gasteiger partial charge is 0.493 e. The normalized spacial score (nSPS) is 25.7. The smallest absolute Gasteiger partial charge is 0.119 e. The van der Waals surface area contributed by atoms with Gasteiger partial charge in [-0.2, -0.15) is 0 Å². The summed E-state index contributed by atoms with van der Waals surface area (Å²) in [6, 6.07) is 7.95. The van der Waals surface area contributed by atoms with E-state index in [1.807, 2.05) is 24.3 Å². The molecule has 70 valence electrons. The summed E-state index contributed by atoms with van der Waals surface area (Å²) in [6.45, 7) is 0.831. The van der Waals surface area contributed by atoms with Crippen LogP contribution in [0.15, 0.2) is 28.7 Å². The average Bonchev–Trinajstić information content (AvgIpc) is 2.81. The van der Waals surface area contributed by atoms with Crippen molar-refractivity contribution in [2.45, 2.75) is 11.2 Å². The van der Waals surface area contributed by atoms with Crippen LogP contribution in [0, 0.1) is 5.92 Å². The summed E-state index contributed by atoms with van der Waals surface area (Å²) in [5.74, 6) is 1.67. The summed E-state index contributed by atoms with van der Waals surface area (Å²) in [7, 11) is 0. The summed E-state index contributed by atoms with van der Waals surface area (Å²) in [6.07, 6.45) is 1.25. The van der Waals surface area contributed by atoms with Gasteiger partial charge in [0.05, 0.1) is 6.61 Å². The predicted octanol–water partition coefficient (Wildman–Crippen LogP) is 3.61. The van der Waals surface area contributed by atoms with E-state index in [0.29, 0.717) is 10.7 Å². The van der Waals surface area contributed by atoms with E-state index in [2.05, 4.69) is 31.9 Å². The van der Waals surface area contributed by atoms with Crippen LogP contribution >= 0.6 is 31.9 Å². The number of alkyl halides is 1. The monoisotopic (exact) mass is 304 g/mol. The molecule has 0 radical (unpaired) electrons. The standard InChI is InChI=1S/C10H10Br2O/c11-8-1-3-9(4-2-8)13-6-7-5-10(7)12/h1-4,7,10H,5-6H2/t7-,10+/m0/s1. The summed E-state index contributed by atoms with van der Waals surface area (Å²) in [4.78, 5) is 0.683. The third-order valence-corrected chi connectivity index (χ3v) is 3.76. The molecule has 1 aliphatic rings. The van der Waals surface area contributed by atoms with Gasteiger partial charge in [-0.3, -0.25) is 0 Å². The van der Waals surface area contributed by atoms with Gasteiger partial charge in [0.25, 0.3) is 0 Å². The molecule has 0 saturated heterocycles. The summed E-state index contributed by atoms with van der Waals surface area (Å²) in [5.41, 5.74) is 0. The van der Waals surface area contributed by atoms with Gasteiger partial charge < -0.3 is 4.74 Å². The maximum Gasteiger partial charge on any atom is 0.119 e. The molecule has 1 fully saturated rings. The lowest BCUT2D eigenvalue weighted by Gasteiger charge is -2.04. The molecule has 13 heavy (non-hydrogen) atoms. The molecule has 0 aliphatic heterocycles. The molecular weight excluding hydrogens is 296 g/mol. The summed E-state index contributed by atoms with van der Waals surface area (Å²) in [5, 5.41) is 0. The molecular formula is C10H10Br2O. The van der Waals surface area contributed by atoms with Crippen LogP contribution in [0.25, 0.3) is 0 Å². The number of hydrogen-bond acceptors (Lipinski definition) is 1. The molecule has 1 aliphatic carbocycles. The van der Waals surface area contributed by atoms with Crippen molar-refractivity contribution in [2.75, 3.05) is 6.61 Å². The molecule has 0 amide bonds. The second-order valence-electron chi connectivity index (χ2n) is 3.28. The van der Waals surface area contributed by atoms with Gasteiger partial charge in [0, 0.05) is 15.2 Å². The van der Waals surface area contributed by atoms with E-state index in [1.165, 1.54) is 6.42 Å². The lowest BCUT2D eigenvalue weighted by molar-refractivity contribution is 0.300. The number of benzene rings is 1. The van der Waals surface area contributed by atoms with Crippen LogP contribution in [0.2, 0.25) is 0 Å². The lowest BCUT2D eigenvalue weighted by Crippen LogP contribution is -2.00. The first-order chi connectivity index (χ1) is 6.25. The van der Waals surface area contributed by atoms with Gasteiger partial charge in [0.15, 0.2) is 0 Å². The molecule has 0 aromatic heterocycles. The molecule has 1 aromatic carbocycles. The maximum atomic E-state index is 5.60. The van der Waals surface area contributed by atoms with Crippen LogP contribution in [-0.2, 0) is 0 Å². The molecule has 1 nitrogen and oxygen atoms in total. The molecule has 1 saturated carbocycles. The summed E-state index contributed by atoms with van der Waals surface area (Å²) >= 11 is 6.93. The second-order valence-corrected chi connectivity index (χ2v) is 5.37. The maximum absolute atomic E-state index is 5.60. The fraction of sp³-hybridized carbons (Fsp3) is 0.400. The van der Waals surface area contributed by atoms with Crippen molar-refractivity contribution in [1.82, 2.24) is 0 Å². The molecule has 0 spiro atoms. The fourth-order valence-electron chi connectivity index (χ4n) is 1.12. The van der Waals surface area contributed by atoms with E-state index >= 15 is 0 Å². The predicted molar refractivity (Wildman–Crippen MR) is 60.5 cm³/mol. The van der Waals surface area contributed by atoms with Gasteiger partial charge in [-0.05, 0) is 30.7 Å². The zero-order valence-corrected chi connectivity index (χ0v) is 10.2. The van der Waals surface area contributed by atoms with E-state index in [0.717, 1.165) is 16.8 Å². The van der Waals surface area contributed by atoms with Crippen molar-refractivity contribution in [1.29, 1.82) is 0 Å². The van der Waals surface area contributed by atoms with Crippen molar-refractivity contribution in [3.63, 3.8) is 0 Å². The quantitative estimate of drug-likeness (QED) is 0.775. The number of hydrogen-bond donors (Lipinski definition) is 0. The van der Waals surface area contributed by atoms with E-state index in [1.54, 1.807) is 0 Å². The van der Waals surface area contributed by atoms with Gasteiger partial charge in [0.1, 0.15) is 5.75 Å². The van der Waals surface area contributed by atoms with Crippen molar-refractivity contribution in [3.8, 4) is 5.75 Å². The van der Waals surface area contributed by atoms with Crippen molar-refractivity contribution < 1.29 is 4.74 Å². The highest BCUT2D eigenvalue weighted by Gasteiger charge is 2.34. The topological polar surface area (TPSA) is 9.23 Å². The fourth-order valence-corrected chi connectivity index (χ4v) is 2.01. The number of rotatable bonds is 3. The minimum absolute atomic E-state index is 0.683. The molecule has 0 bridgehead atoms. The van der Waals surface area contributed by atoms with Crippen LogP contribution in [0.4, 0.5) is 0 Å². The Bertz CT molecular complexity index is 283. The van der Waals surface area contributed by atoms with E-state index in [-0.39, 0.29) is 0 Å². The van der Waals surface area contributed by atoms with Gasteiger partial charge >= 0.3 is 0 Å². The number of ether oxygens (including phenoxy) is 1. The zero-order chi connectivity index (χ0) is 9.26. The highest BCUT2D eigenvalue weighted by Crippen LogP contribution is 2.37. The first-order valence-electron chi connectivity index (χ1n) is 4.28.